The monoisotopic (exact) mass is 436 g/mol. The Balaban J connectivity index is 1.26. The lowest BCUT2D eigenvalue weighted by atomic mass is 9.94. The predicted molar refractivity (Wildman–Crippen MR) is 129 cm³/mol. The van der Waals surface area contributed by atoms with E-state index in [1.807, 2.05) is 11.7 Å². The second-order valence-corrected chi connectivity index (χ2v) is 10.3. The SMILES string of the molecule is Cn1cc(CN(CC2CCN(C3CCCC3)CC2)C[C@H]2CCCO2)c(-c2ccccc2)n1. The van der Waals surface area contributed by atoms with Crippen molar-refractivity contribution in [3.63, 3.8) is 0 Å². The zero-order valence-corrected chi connectivity index (χ0v) is 19.8. The third-order valence-electron chi connectivity index (χ3n) is 7.84. The molecule has 2 saturated heterocycles. The van der Waals surface area contributed by atoms with Gasteiger partial charge in [-0.25, -0.2) is 0 Å². The summed E-state index contributed by atoms with van der Waals surface area (Å²) < 4.78 is 8.02. The van der Waals surface area contributed by atoms with Crippen molar-refractivity contribution >= 4 is 0 Å². The Morgan fingerprint density at radius 3 is 2.47 bits per heavy atom. The van der Waals surface area contributed by atoms with Crippen LogP contribution in [0.3, 0.4) is 0 Å². The van der Waals surface area contributed by atoms with E-state index in [-0.39, 0.29) is 0 Å². The highest BCUT2D eigenvalue weighted by molar-refractivity contribution is 5.62. The van der Waals surface area contributed by atoms with Crippen molar-refractivity contribution in [2.75, 3.05) is 32.8 Å². The summed E-state index contributed by atoms with van der Waals surface area (Å²) in [7, 11) is 2.04. The molecule has 1 saturated carbocycles. The maximum Gasteiger partial charge on any atom is 0.0968 e. The van der Waals surface area contributed by atoms with Gasteiger partial charge in [0.05, 0.1) is 11.8 Å². The second-order valence-electron chi connectivity index (χ2n) is 10.3. The molecule has 5 nitrogen and oxygen atoms in total. The Labute approximate surface area is 193 Å². The van der Waals surface area contributed by atoms with Crippen molar-refractivity contribution in [1.29, 1.82) is 0 Å². The van der Waals surface area contributed by atoms with Crippen LogP contribution < -0.4 is 0 Å². The van der Waals surface area contributed by atoms with Crippen LogP contribution in [-0.2, 0) is 18.3 Å². The molecule has 3 heterocycles. The highest BCUT2D eigenvalue weighted by Gasteiger charge is 2.29. The van der Waals surface area contributed by atoms with Gasteiger partial charge in [0.25, 0.3) is 0 Å². The van der Waals surface area contributed by atoms with E-state index in [9.17, 15) is 0 Å². The maximum atomic E-state index is 6.04. The Morgan fingerprint density at radius 2 is 1.75 bits per heavy atom. The summed E-state index contributed by atoms with van der Waals surface area (Å²) in [5.74, 6) is 0.797. The van der Waals surface area contributed by atoms with Crippen LogP contribution in [-0.4, -0.2) is 64.5 Å². The number of benzene rings is 1. The molecule has 0 unspecified atom stereocenters. The molecule has 1 atom stereocenters. The van der Waals surface area contributed by atoms with Gasteiger partial charge >= 0.3 is 0 Å². The average molecular weight is 437 g/mol. The van der Waals surface area contributed by atoms with Crippen LogP contribution in [0, 0.1) is 5.92 Å². The van der Waals surface area contributed by atoms with Crippen LogP contribution in [0.5, 0.6) is 0 Å². The molecule has 0 spiro atoms. The fourth-order valence-corrected chi connectivity index (χ4v) is 6.15. The molecule has 2 aromatic rings. The number of aryl methyl sites for hydroxylation is 1. The molecule has 2 aliphatic heterocycles. The minimum Gasteiger partial charge on any atom is -0.377 e. The molecule has 0 bridgehead atoms. The summed E-state index contributed by atoms with van der Waals surface area (Å²) in [4.78, 5) is 5.47. The van der Waals surface area contributed by atoms with E-state index in [1.54, 1.807) is 0 Å². The van der Waals surface area contributed by atoms with Gasteiger partial charge in [-0.1, -0.05) is 43.2 Å². The number of hydrogen-bond donors (Lipinski definition) is 0. The Morgan fingerprint density at radius 1 is 0.969 bits per heavy atom. The van der Waals surface area contributed by atoms with E-state index in [0.717, 1.165) is 37.4 Å². The van der Waals surface area contributed by atoms with Gasteiger partial charge in [0.15, 0.2) is 0 Å². The molecule has 3 aliphatic rings. The summed E-state index contributed by atoms with van der Waals surface area (Å²) in [6.45, 7) is 6.71. The molecule has 5 heteroatoms. The van der Waals surface area contributed by atoms with Crippen molar-refractivity contribution in [3.05, 3.63) is 42.1 Å². The fourth-order valence-electron chi connectivity index (χ4n) is 6.15. The average Bonchev–Trinajstić information content (AvgIpc) is 3.58. The smallest absolute Gasteiger partial charge is 0.0968 e. The van der Waals surface area contributed by atoms with E-state index in [2.05, 4.69) is 46.3 Å². The molecular formula is C27H40N4O. The lowest BCUT2D eigenvalue weighted by molar-refractivity contribution is 0.0540. The molecular weight excluding hydrogens is 396 g/mol. The van der Waals surface area contributed by atoms with E-state index in [1.165, 1.54) is 82.1 Å². The first-order valence-electron chi connectivity index (χ1n) is 12.9. The molecule has 1 aromatic carbocycles. The van der Waals surface area contributed by atoms with Crippen molar-refractivity contribution in [1.82, 2.24) is 19.6 Å². The molecule has 32 heavy (non-hydrogen) atoms. The molecule has 0 N–H and O–H groups in total. The van der Waals surface area contributed by atoms with Gasteiger partial charge in [-0.15, -0.1) is 0 Å². The van der Waals surface area contributed by atoms with Gasteiger partial charge in [-0.2, -0.15) is 5.10 Å². The van der Waals surface area contributed by atoms with Crippen molar-refractivity contribution < 1.29 is 4.74 Å². The van der Waals surface area contributed by atoms with Crippen molar-refractivity contribution in [2.24, 2.45) is 13.0 Å². The van der Waals surface area contributed by atoms with E-state index < -0.39 is 0 Å². The number of piperidine rings is 1. The summed E-state index contributed by atoms with van der Waals surface area (Å²) in [6.07, 6.45) is 13.4. The van der Waals surface area contributed by atoms with Gasteiger partial charge in [0.1, 0.15) is 0 Å². The largest absolute Gasteiger partial charge is 0.377 e. The fraction of sp³-hybridized carbons (Fsp3) is 0.667. The van der Waals surface area contributed by atoms with Gasteiger partial charge in [0, 0.05) is 56.7 Å². The first kappa shape index (κ1) is 22.1. The van der Waals surface area contributed by atoms with E-state index in [0.29, 0.717) is 6.10 Å². The summed E-state index contributed by atoms with van der Waals surface area (Å²) >= 11 is 0. The van der Waals surface area contributed by atoms with E-state index in [4.69, 9.17) is 9.84 Å². The van der Waals surface area contributed by atoms with Crippen LogP contribution in [0.15, 0.2) is 36.5 Å². The lowest BCUT2D eigenvalue weighted by Gasteiger charge is -2.38. The van der Waals surface area contributed by atoms with Gasteiger partial charge in [-0.3, -0.25) is 9.58 Å². The lowest BCUT2D eigenvalue weighted by Crippen LogP contribution is -2.43. The van der Waals surface area contributed by atoms with Gasteiger partial charge < -0.3 is 9.64 Å². The molecule has 0 radical (unpaired) electrons. The highest BCUT2D eigenvalue weighted by Crippen LogP contribution is 2.29. The molecule has 174 valence electrons. The van der Waals surface area contributed by atoms with Gasteiger partial charge in [-0.05, 0) is 57.5 Å². The second kappa shape index (κ2) is 10.5. The van der Waals surface area contributed by atoms with Crippen LogP contribution in [0.2, 0.25) is 0 Å². The Kier molecular flexibility index (Phi) is 7.25. The van der Waals surface area contributed by atoms with Crippen LogP contribution in [0.1, 0.15) is 56.9 Å². The quantitative estimate of drug-likeness (QED) is 0.599. The molecule has 1 aromatic heterocycles. The summed E-state index contributed by atoms with van der Waals surface area (Å²) in [5.41, 5.74) is 3.67. The van der Waals surface area contributed by atoms with Crippen LogP contribution in [0.25, 0.3) is 11.3 Å². The number of nitrogens with zero attached hydrogens (tertiary/aromatic N) is 4. The van der Waals surface area contributed by atoms with Crippen LogP contribution >= 0.6 is 0 Å². The van der Waals surface area contributed by atoms with Crippen molar-refractivity contribution in [2.45, 2.75) is 70.1 Å². The Hall–Kier alpha value is -1.69. The Bertz CT molecular complexity index is 831. The van der Waals surface area contributed by atoms with Gasteiger partial charge in [0.2, 0.25) is 0 Å². The third-order valence-corrected chi connectivity index (χ3v) is 7.84. The predicted octanol–water partition coefficient (Wildman–Crippen LogP) is 4.72. The number of aromatic nitrogens is 2. The first-order valence-corrected chi connectivity index (χ1v) is 12.9. The number of rotatable bonds is 8. The first-order chi connectivity index (χ1) is 15.7. The zero-order valence-electron chi connectivity index (χ0n) is 19.8. The van der Waals surface area contributed by atoms with Crippen molar-refractivity contribution in [3.8, 4) is 11.3 Å². The number of hydrogen-bond acceptors (Lipinski definition) is 4. The summed E-state index contributed by atoms with van der Waals surface area (Å²) in [6, 6.07) is 11.5. The molecule has 0 amide bonds. The third kappa shape index (κ3) is 5.44. The zero-order chi connectivity index (χ0) is 21.8. The molecule has 1 aliphatic carbocycles. The van der Waals surface area contributed by atoms with E-state index >= 15 is 0 Å². The standard InChI is InChI=1S/C27H40N4O/c1-29-19-24(27(28-29)23-8-3-2-4-9-23)20-30(21-26-12-7-17-32-26)18-22-13-15-31(16-14-22)25-10-5-6-11-25/h2-4,8-9,19,22,25-26H,5-7,10-18,20-21H2,1H3/t26-/m1/s1. The molecule has 5 rings (SSSR count). The normalized spacial score (nSPS) is 23.5. The summed E-state index contributed by atoms with van der Waals surface area (Å²) in [5, 5.41) is 4.82. The molecule has 3 fully saturated rings. The minimum atomic E-state index is 0.394. The minimum absolute atomic E-state index is 0.394. The number of likely N-dealkylation sites (tertiary alicyclic amines) is 1. The topological polar surface area (TPSA) is 33.5 Å². The number of ether oxygens (including phenoxy) is 1. The maximum absolute atomic E-state index is 6.04. The van der Waals surface area contributed by atoms with Crippen LogP contribution in [0.4, 0.5) is 0 Å². The highest BCUT2D eigenvalue weighted by atomic mass is 16.5.